The Morgan fingerprint density at radius 3 is 2.73 bits per heavy atom. The fraction of sp³-hybridized carbons (Fsp3) is 0.143. The molecule has 3 N–H and O–H groups in total. The number of aromatic amines is 1. The van der Waals surface area contributed by atoms with Gasteiger partial charge in [0.25, 0.3) is 17.4 Å². The molecule has 8 nitrogen and oxygen atoms in total. The maximum absolute atomic E-state index is 13.0. The van der Waals surface area contributed by atoms with Gasteiger partial charge in [0, 0.05) is 11.6 Å². The van der Waals surface area contributed by atoms with Gasteiger partial charge in [-0.05, 0) is 36.8 Å². The SMILES string of the molecule is CCCNC(=O)c1ccc(Cl)cc1NC(=O)c1cnn2c1[nH]c(=O)c1ccccc12. The molecule has 0 saturated heterocycles. The first-order valence-electron chi connectivity index (χ1n) is 9.37. The van der Waals surface area contributed by atoms with Gasteiger partial charge in [0.05, 0.1) is 28.4 Å². The Balaban J connectivity index is 1.73. The number of nitrogens with one attached hydrogen (secondary N) is 3. The highest BCUT2D eigenvalue weighted by molar-refractivity contribution is 6.31. The molecule has 0 aliphatic heterocycles. The van der Waals surface area contributed by atoms with Crippen LogP contribution in [0.25, 0.3) is 16.6 Å². The molecule has 0 spiro atoms. The summed E-state index contributed by atoms with van der Waals surface area (Å²) in [6.07, 6.45) is 2.15. The molecule has 0 atom stereocenters. The zero-order chi connectivity index (χ0) is 21.3. The van der Waals surface area contributed by atoms with E-state index in [4.69, 9.17) is 11.6 Å². The molecule has 0 unspecified atom stereocenters. The van der Waals surface area contributed by atoms with Crippen molar-refractivity contribution in [3.05, 3.63) is 75.2 Å². The van der Waals surface area contributed by atoms with E-state index >= 15 is 0 Å². The van der Waals surface area contributed by atoms with Crippen LogP contribution in [0.5, 0.6) is 0 Å². The van der Waals surface area contributed by atoms with Crippen LogP contribution in [0.1, 0.15) is 34.1 Å². The molecular weight excluding hydrogens is 406 g/mol. The predicted octanol–water partition coefficient (Wildman–Crippen LogP) is 3.22. The van der Waals surface area contributed by atoms with Gasteiger partial charge in [0.15, 0.2) is 0 Å². The summed E-state index contributed by atoms with van der Waals surface area (Å²) >= 11 is 6.07. The number of nitrogens with zero attached hydrogens (tertiary/aromatic N) is 2. The molecule has 30 heavy (non-hydrogen) atoms. The Bertz CT molecular complexity index is 1340. The number of para-hydroxylation sites is 1. The lowest BCUT2D eigenvalue weighted by molar-refractivity contribution is 0.0954. The number of fused-ring (bicyclic) bond motifs is 3. The van der Waals surface area contributed by atoms with Crippen molar-refractivity contribution in [3.8, 4) is 0 Å². The van der Waals surface area contributed by atoms with Gasteiger partial charge in [-0.15, -0.1) is 0 Å². The Morgan fingerprint density at radius 1 is 1.13 bits per heavy atom. The van der Waals surface area contributed by atoms with E-state index in [1.54, 1.807) is 36.4 Å². The van der Waals surface area contributed by atoms with Gasteiger partial charge in [0.2, 0.25) is 0 Å². The third-order valence-corrected chi connectivity index (χ3v) is 4.87. The van der Waals surface area contributed by atoms with Gasteiger partial charge in [-0.1, -0.05) is 30.7 Å². The highest BCUT2D eigenvalue weighted by Gasteiger charge is 2.19. The molecule has 152 valence electrons. The zero-order valence-corrected chi connectivity index (χ0v) is 16.8. The minimum absolute atomic E-state index is 0.165. The summed E-state index contributed by atoms with van der Waals surface area (Å²) in [5, 5.41) is 10.6. The molecule has 2 heterocycles. The van der Waals surface area contributed by atoms with Crippen LogP contribution in [0.4, 0.5) is 5.69 Å². The van der Waals surface area contributed by atoms with Crippen LogP contribution in [-0.2, 0) is 0 Å². The van der Waals surface area contributed by atoms with Gasteiger partial charge < -0.3 is 15.6 Å². The van der Waals surface area contributed by atoms with Crippen LogP contribution in [0.2, 0.25) is 5.02 Å². The number of carbonyl (C=O) groups is 2. The minimum Gasteiger partial charge on any atom is -0.352 e. The third kappa shape index (κ3) is 3.53. The number of aromatic nitrogens is 3. The maximum Gasteiger partial charge on any atom is 0.261 e. The minimum atomic E-state index is -0.525. The highest BCUT2D eigenvalue weighted by Crippen LogP contribution is 2.23. The number of halogens is 1. The maximum atomic E-state index is 13.0. The molecule has 4 aromatic rings. The summed E-state index contributed by atoms with van der Waals surface area (Å²) in [4.78, 5) is 40.5. The van der Waals surface area contributed by atoms with E-state index in [9.17, 15) is 14.4 Å². The predicted molar refractivity (Wildman–Crippen MR) is 115 cm³/mol. The molecule has 0 aliphatic carbocycles. The van der Waals surface area contributed by atoms with Crippen molar-refractivity contribution in [2.45, 2.75) is 13.3 Å². The molecule has 4 rings (SSSR count). The quantitative estimate of drug-likeness (QED) is 0.458. The van der Waals surface area contributed by atoms with Crippen LogP contribution < -0.4 is 16.2 Å². The number of rotatable bonds is 5. The van der Waals surface area contributed by atoms with Crippen molar-refractivity contribution >= 4 is 45.7 Å². The zero-order valence-electron chi connectivity index (χ0n) is 16.0. The lowest BCUT2D eigenvalue weighted by Gasteiger charge is -2.11. The molecule has 9 heteroatoms. The Hall–Kier alpha value is -3.65. The standard InChI is InChI=1S/C21H18ClN5O3/c1-2-9-23-19(28)13-8-7-12(22)10-16(13)25-21(30)15-11-24-27-17-6-4-3-5-14(17)20(29)26-18(15)27/h3-8,10-11H,2,9H2,1H3,(H,23,28)(H,25,30)(H,26,29). The lowest BCUT2D eigenvalue weighted by atomic mass is 10.1. The molecular formula is C21H18ClN5O3. The third-order valence-electron chi connectivity index (χ3n) is 4.63. The van der Waals surface area contributed by atoms with E-state index in [2.05, 4.69) is 20.7 Å². The van der Waals surface area contributed by atoms with Crippen LogP contribution in [0.15, 0.2) is 53.5 Å². The highest BCUT2D eigenvalue weighted by atomic mass is 35.5. The van der Waals surface area contributed by atoms with E-state index in [1.165, 1.54) is 16.8 Å². The molecule has 2 aromatic carbocycles. The van der Waals surface area contributed by atoms with Gasteiger partial charge >= 0.3 is 0 Å². The van der Waals surface area contributed by atoms with Crippen molar-refractivity contribution < 1.29 is 9.59 Å². The fourth-order valence-corrected chi connectivity index (χ4v) is 3.36. The first-order chi connectivity index (χ1) is 14.5. The van der Waals surface area contributed by atoms with E-state index < -0.39 is 5.91 Å². The number of anilines is 1. The van der Waals surface area contributed by atoms with Crippen molar-refractivity contribution in [3.63, 3.8) is 0 Å². The normalized spacial score (nSPS) is 11.0. The first kappa shape index (κ1) is 19.7. The van der Waals surface area contributed by atoms with Crippen LogP contribution in [-0.4, -0.2) is 33.0 Å². The average Bonchev–Trinajstić information content (AvgIpc) is 3.16. The van der Waals surface area contributed by atoms with Gasteiger partial charge in [-0.2, -0.15) is 5.10 Å². The molecule has 2 amide bonds. The van der Waals surface area contributed by atoms with Crippen LogP contribution in [0, 0.1) is 0 Å². The monoisotopic (exact) mass is 423 g/mol. The van der Waals surface area contributed by atoms with Crippen molar-refractivity contribution in [1.82, 2.24) is 19.9 Å². The summed E-state index contributed by atoms with van der Waals surface area (Å²) in [7, 11) is 0. The molecule has 0 fully saturated rings. The number of amides is 2. The second-order valence-electron chi connectivity index (χ2n) is 6.69. The lowest BCUT2D eigenvalue weighted by Crippen LogP contribution is -2.26. The van der Waals surface area contributed by atoms with Gasteiger partial charge in [0.1, 0.15) is 11.2 Å². The molecule has 0 radical (unpaired) electrons. The topological polar surface area (TPSA) is 108 Å². The molecule has 0 aliphatic rings. The van der Waals surface area contributed by atoms with E-state index in [0.717, 1.165) is 6.42 Å². The van der Waals surface area contributed by atoms with Crippen LogP contribution >= 0.6 is 11.6 Å². The molecule has 0 bridgehead atoms. The number of H-pyrrole nitrogens is 1. The van der Waals surface area contributed by atoms with Crippen molar-refractivity contribution in [2.75, 3.05) is 11.9 Å². The molecule has 0 saturated carbocycles. The smallest absolute Gasteiger partial charge is 0.261 e. The summed E-state index contributed by atoms with van der Waals surface area (Å²) in [6, 6.07) is 11.6. The number of benzene rings is 2. The number of carbonyl (C=O) groups excluding carboxylic acids is 2. The Kier molecular flexibility index (Phi) is 5.24. The van der Waals surface area contributed by atoms with E-state index in [0.29, 0.717) is 22.5 Å². The first-order valence-corrected chi connectivity index (χ1v) is 9.75. The van der Waals surface area contributed by atoms with Crippen molar-refractivity contribution in [1.29, 1.82) is 0 Å². The Morgan fingerprint density at radius 2 is 1.93 bits per heavy atom. The summed E-state index contributed by atoms with van der Waals surface area (Å²) in [5.41, 5.74) is 1.24. The second-order valence-corrected chi connectivity index (χ2v) is 7.13. The van der Waals surface area contributed by atoms with Gasteiger partial charge in [-0.3, -0.25) is 14.4 Å². The summed E-state index contributed by atoms with van der Waals surface area (Å²) in [5.74, 6) is -0.842. The second kappa shape index (κ2) is 8.00. The summed E-state index contributed by atoms with van der Waals surface area (Å²) in [6.45, 7) is 2.46. The molecule has 2 aromatic heterocycles. The van der Waals surface area contributed by atoms with E-state index in [1.807, 2.05) is 6.92 Å². The fourth-order valence-electron chi connectivity index (χ4n) is 3.18. The number of hydrogen-bond acceptors (Lipinski definition) is 4. The van der Waals surface area contributed by atoms with Crippen molar-refractivity contribution in [2.24, 2.45) is 0 Å². The van der Waals surface area contributed by atoms with E-state index in [-0.39, 0.29) is 33.9 Å². The van der Waals surface area contributed by atoms with Crippen LogP contribution in [0.3, 0.4) is 0 Å². The Labute approximate surface area is 175 Å². The average molecular weight is 424 g/mol. The van der Waals surface area contributed by atoms with Gasteiger partial charge in [-0.25, -0.2) is 4.52 Å². The largest absolute Gasteiger partial charge is 0.352 e. The summed E-state index contributed by atoms with van der Waals surface area (Å²) < 4.78 is 1.50. The number of hydrogen-bond donors (Lipinski definition) is 3.